The molecule has 1 fully saturated rings. The van der Waals surface area contributed by atoms with Gasteiger partial charge in [0.25, 0.3) is 0 Å². The van der Waals surface area contributed by atoms with Gasteiger partial charge >= 0.3 is 0 Å². The quantitative estimate of drug-likeness (QED) is 0.694. The highest BCUT2D eigenvalue weighted by atomic mass is 16.5. The lowest BCUT2D eigenvalue weighted by atomic mass is 10.1. The molecule has 0 spiro atoms. The molecule has 122 valence electrons. The lowest BCUT2D eigenvalue weighted by molar-refractivity contribution is 0.209. The van der Waals surface area contributed by atoms with Gasteiger partial charge in [-0.15, -0.1) is 0 Å². The van der Waals surface area contributed by atoms with Gasteiger partial charge in [-0.1, -0.05) is 35.0 Å². The molecule has 4 rings (SSSR count). The Balaban J connectivity index is 1.49. The van der Waals surface area contributed by atoms with Crippen LogP contribution >= 0.6 is 0 Å². The molecule has 3 aromatic rings. The maximum absolute atomic E-state index is 5.46. The Bertz CT molecular complexity index is 811. The van der Waals surface area contributed by atoms with Gasteiger partial charge in [-0.3, -0.25) is 9.88 Å². The number of hydrogen-bond donors (Lipinski definition) is 0. The fraction of sp³-hybridized carbons (Fsp3) is 0.316. The summed E-state index contributed by atoms with van der Waals surface area (Å²) in [6.45, 7) is 3.73. The second kappa shape index (κ2) is 6.53. The number of rotatable bonds is 6. The first-order chi connectivity index (χ1) is 11.8. The van der Waals surface area contributed by atoms with Crippen LogP contribution in [-0.4, -0.2) is 26.1 Å². The lowest BCUT2D eigenvalue weighted by Gasteiger charge is -2.20. The molecule has 0 unspecified atom stereocenters. The van der Waals surface area contributed by atoms with Gasteiger partial charge in [-0.05, 0) is 37.5 Å². The Morgan fingerprint density at radius 3 is 2.83 bits per heavy atom. The molecule has 5 heteroatoms. The Hall–Kier alpha value is -2.53. The van der Waals surface area contributed by atoms with Crippen molar-refractivity contribution in [2.75, 3.05) is 0 Å². The van der Waals surface area contributed by atoms with Crippen LogP contribution in [0.3, 0.4) is 0 Å². The summed E-state index contributed by atoms with van der Waals surface area (Å²) in [5, 5.41) is 4.09. The van der Waals surface area contributed by atoms with Crippen molar-refractivity contribution in [1.29, 1.82) is 0 Å². The van der Waals surface area contributed by atoms with Gasteiger partial charge in [0.15, 0.2) is 0 Å². The van der Waals surface area contributed by atoms with Crippen LogP contribution in [0, 0.1) is 6.92 Å². The van der Waals surface area contributed by atoms with Crippen molar-refractivity contribution in [2.24, 2.45) is 0 Å². The molecule has 1 aliphatic carbocycles. The van der Waals surface area contributed by atoms with Gasteiger partial charge < -0.3 is 4.52 Å². The standard InChI is InChI=1S/C19H20N4O/c1-14-4-2-5-15(10-14)12-23(17-7-8-17)13-18-21-19(22-24-18)16-6-3-9-20-11-16/h2-6,9-11,17H,7-8,12-13H2,1H3. The molecular weight excluding hydrogens is 300 g/mol. The van der Waals surface area contributed by atoms with E-state index < -0.39 is 0 Å². The van der Waals surface area contributed by atoms with Crippen molar-refractivity contribution in [3.8, 4) is 11.4 Å². The predicted molar refractivity (Wildman–Crippen MR) is 91.0 cm³/mol. The van der Waals surface area contributed by atoms with Crippen molar-refractivity contribution in [1.82, 2.24) is 20.0 Å². The highest BCUT2D eigenvalue weighted by Crippen LogP contribution is 2.30. The molecule has 0 saturated heterocycles. The second-order valence-corrected chi connectivity index (χ2v) is 6.38. The van der Waals surface area contributed by atoms with E-state index in [-0.39, 0.29) is 0 Å². The van der Waals surface area contributed by atoms with E-state index in [1.807, 2.05) is 12.1 Å². The van der Waals surface area contributed by atoms with Crippen molar-refractivity contribution in [3.63, 3.8) is 0 Å². The largest absolute Gasteiger partial charge is 0.338 e. The first-order valence-electron chi connectivity index (χ1n) is 8.30. The molecule has 0 N–H and O–H groups in total. The van der Waals surface area contributed by atoms with E-state index in [0.29, 0.717) is 24.3 Å². The summed E-state index contributed by atoms with van der Waals surface area (Å²) < 4.78 is 5.46. The predicted octanol–water partition coefficient (Wildman–Crippen LogP) is 3.60. The number of nitrogens with zero attached hydrogens (tertiary/aromatic N) is 4. The van der Waals surface area contributed by atoms with Gasteiger partial charge in [0.05, 0.1) is 6.54 Å². The third kappa shape index (κ3) is 3.51. The molecule has 5 nitrogen and oxygen atoms in total. The second-order valence-electron chi connectivity index (χ2n) is 6.38. The molecule has 0 bridgehead atoms. The molecule has 0 radical (unpaired) electrons. The van der Waals surface area contributed by atoms with Crippen LogP contribution in [0.2, 0.25) is 0 Å². The van der Waals surface area contributed by atoms with E-state index in [1.54, 1.807) is 12.4 Å². The molecule has 2 aromatic heterocycles. The molecule has 1 aromatic carbocycles. The highest BCUT2D eigenvalue weighted by molar-refractivity contribution is 5.51. The molecule has 2 heterocycles. The van der Waals surface area contributed by atoms with Crippen molar-refractivity contribution < 1.29 is 4.52 Å². The fourth-order valence-electron chi connectivity index (χ4n) is 2.90. The number of pyridine rings is 1. The van der Waals surface area contributed by atoms with Crippen LogP contribution in [0.5, 0.6) is 0 Å². The number of aryl methyl sites for hydroxylation is 1. The van der Waals surface area contributed by atoms with Crippen LogP contribution in [0.4, 0.5) is 0 Å². The monoisotopic (exact) mass is 320 g/mol. The smallest absolute Gasteiger partial charge is 0.241 e. The maximum atomic E-state index is 5.46. The Morgan fingerprint density at radius 1 is 1.17 bits per heavy atom. The summed E-state index contributed by atoms with van der Waals surface area (Å²) in [6, 6.07) is 13.1. The Kier molecular flexibility index (Phi) is 4.09. The lowest BCUT2D eigenvalue weighted by Crippen LogP contribution is -2.25. The molecule has 0 aliphatic heterocycles. The first-order valence-corrected chi connectivity index (χ1v) is 8.30. The number of aromatic nitrogens is 3. The summed E-state index contributed by atoms with van der Waals surface area (Å²) in [4.78, 5) is 11.1. The summed E-state index contributed by atoms with van der Waals surface area (Å²) in [7, 11) is 0. The average molecular weight is 320 g/mol. The van der Waals surface area contributed by atoms with E-state index in [9.17, 15) is 0 Å². The minimum atomic E-state index is 0.601. The number of hydrogen-bond acceptors (Lipinski definition) is 5. The van der Waals surface area contributed by atoms with Crippen molar-refractivity contribution >= 4 is 0 Å². The SMILES string of the molecule is Cc1cccc(CN(Cc2nc(-c3cccnc3)no2)C2CC2)c1. The minimum absolute atomic E-state index is 0.601. The van der Waals surface area contributed by atoms with Crippen molar-refractivity contribution in [3.05, 3.63) is 65.8 Å². The highest BCUT2D eigenvalue weighted by Gasteiger charge is 2.30. The molecule has 0 amide bonds. The third-order valence-electron chi connectivity index (χ3n) is 4.26. The van der Waals surface area contributed by atoms with Gasteiger partial charge in [0.1, 0.15) is 0 Å². The number of benzene rings is 1. The summed E-state index contributed by atoms with van der Waals surface area (Å²) >= 11 is 0. The molecule has 1 saturated carbocycles. The topological polar surface area (TPSA) is 55.1 Å². The zero-order valence-electron chi connectivity index (χ0n) is 13.7. The van der Waals surface area contributed by atoms with Gasteiger partial charge in [0.2, 0.25) is 11.7 Å². The average Bonchev–Trinajstić information content (AvgIpc) is 3.35. The molecule has 1 aliphatic rings. The zero-order valence-corrected chi connectivity index (χ0v) is 13.7. The summed E-state index contributed by atoms with van der Waals surface area (Å²) in [5.41, 5.74) is 3.50. The summed E-state index contributed by atoms with van der Waals surface area (Å²) in [6.07, 6.45) is 5.98. The van der Waals surface area contributed by atoms with Crippen LogP contribution < -0.4 is 0 Å². The maximum Gasteiger partial charge on any atom is 0.241 e. The minimum Gasteiger partial charge on any atom is -0.338 e. The third-order valence-corrected chi connectivity index (χ3v) is 4.26. The van der Waals surface area contributed by atoms with E-state index in [2.05, 4.69) is 51.2 Å². The zero-order chi connectivity index (χ0) is 16.4. The molecule has 0 atom stereocenters. The summed E-state index contributed by atoms with van der Waals surface area (Å²) in [5.74, 6) is 1.26. The fourth-order valence-corrected chi connectivity index (χ4v) is 2.90. The van der Waals surface area contributed by atoms with Gasteiger partial charge in [-0.25, -0.2) is 0 Å². The van der Waals surface area contributed by atoms with E-state index in [0.717, 1.165) is 12.1 Å². The van der Waals surface area contributed by atoms with E-state index >= 15 is 0 Å². The van der Waals surface area contributed by atoms with Crippen LogP contribution in [0.1, 0.15) is 29.9 Å². The van der Waals surface area contributed by atoms with Gasteiger partial charge in [-0.2, -0.15) is 4.98 Å². The van der Waals surface area contributed by atoms with Crippen LogP contribution in [0.25, 0.3) is 11.4 Å². The normalized spacial score (nSPS) is 14.2. The van der Waals surface area contributed by atoms with Crippen molar-refractivity contribution in [2.45, 2.75) is 38.9 Å². The van der Waals surface area contributed by atoms with Gasteiger partial charge in [0, 0.05) is 30.5 Å². The molecule has 24 heavy (non-hydrogen) atoms. The van der Waals surface area contributed by atoms with E-state index in [4.69, 9.17) is 4.52 Å². The molecular formula is C19H20N4O. The van der Waals surface area contributed by atoms with E-state index in [1.165, 1.54) is 24.0 Å². The first kappa shape index (κ1) is 15.0. The van der Waals surface area contributed by atoms with Crippen LogP contribution in [-0.2, 0) is 13.1 Å². The van der Waals surface area contributed by atoms with Crippen LogP contribution in [0.15, 0.2) is 53.3 Å². The Morgan fingerprint density at radius 2 is 2.08 bits per heavy atom. The Labute approximate surface area is 141 Å².